The van der Waals surface area contributed by atoms with E-state index in [9.17, 15) is 19.3 Å². The second-order valence-electron chi connectivity index (χ2n) is 3.35. The molecule has 1 rings (SSSR count). The third kappa shape index (κ3) is 3.22. The van der Waals surface area contributed by atoms with Crippen LogP contribution in [-0.4, -0.2) is 18.0 Å². The van der Waals surface area contributed by atoms with Crippen molar-refractivity contribution in [3.8, 4) is 0 Å². The fourth-order valence-corrected chi connectivity index (χ4v) is 1.30. The van der Waals surface area contributed by atoms with E-state index < -0.39 is 22.8 Å². The van der Waals surface area contributed by atoms with Gasteiger partial charge in [0.1, 0.15) is 5.82 Å². The van der Waals surface area contributed by atoms with Crippen LogP contribution in [-0.2, 0) is 9.53 Å². The number of ether oxygens (including phenoxy) is 1. The van der Waals surface area contributed by atoms with Gasteiger partial charge in [-0.25, -0.2) is 4.39 Å². The van der Waals surface area contributed by atoms with Gasteiger partial charge in [0.2, 0.25) is 0 Å². The minimum Gasteiger partial charge on any atom is -0.469 e. The molecule has 1 aromatic carbocycles. The normalized spacial score (nSPS) is 11.9. The molecule has 0 bridgehead atoms. The number of nitrogens with two attached hydrogens (primary N) is 1. The summed E-state index contributed by atoms with van der Waals surface area (Å²) in [4.78, 5) is 20.8. The number of rotatable bonds is 4. The van der Waals surface area contributed by atoms with Crippen LogP contribution in [0.5, 0.6) is 0 Å². The summed E-state index contributed by atoms with van der Waals surface area (Å²) in [5.41, 5.74) is 5.22. The molecular formula is C10H11FN2O4. The van der Waals surface area contributed by atoms with Crippen LogP contribution in [0, 0.1) is 15.9 Å². The van der Waals surface area contributed by atoms with Gasteiger partial charge in [0.15, 0.2) is 0 Å². The Balaban J connectivity index is 2.99. The van der Waals surface area contributed by atoms with Gasteiger partial charge in [-0.15, -0.1) is 0 Å². The highest BCUT2D eigenvalue weighted by Crippen LogP contribution is 2.23. The van der Waals surface area contributed by atoms with Gasteiger partial charge in [-0.05, 0) is 6.07 Å². The third-order valence-electron chi connectivity index (χ3n) is 2.20. The average molecular weight is 242 g/mol. The summed E-state index contributed by atoms with van der Waals surface area (Å²) in [6.07, 6.45) is -0.241. The summed E-state index contributed by atoms with van der Waals surface area (Å²) in [6.45, 7) is 0. The standard InChI is InChI=1S/C10H11FN2O4/c1-17-10(14)5-9(12)7-4-6(13(15)16)2-3-8(7)11/h2-4,9H,5,12H2,1H3. The first-order valence-electron chi connectivity index (χ1n) is 4.72. The molecule has 0 fully saturated rings. The summed E-state index contributed by atoms with van der Waals surface area (Å²) in [7, 11) is 1.18. The smallest absolute Gasteiger partial charge is 0.307 e. The first kappa shape index (κ1) is 13.0. The third-order valence-corrected chi connectivity index (χ3v) is 2.20. The van der Waals surface area contributed by atoms with Crippen LogP contribution >= 0.6 is 0 Å². The average Bonchev–Trinajstić information content (AvgIpc) is 2.28. The quantitative estimate of drug-likeness (QED) is 0.487. The minimum atomic E-state index is -0.970. The largest absolute Gasteiger partial charge is 0.469 e. The molecule has 0 aliphatic carbocycles. The van der Waals surface area contributed by atoms with Crippen molar-refractivity contribution >= 4 is 11.7 Å². The van der Waals surface area contributed by atoms with Crippen molar-refractivity contribution in [1.82, 2.24) is 0 Å². The molecule has 0 aromatic heterocycles. The molecule has 0 aliphatic rings. The molecule has 1 aromatic rings. The highest BCUT2D eigenvalue weighted by molar-refractivity contribution is 5.70. The van der Waals surface area contributed by atoms with Crippen molar-refractivity contribution < 1.29 is 18.8 Å². The molecule has 0 radical (unpaired) electrons. The Morgan fingerprint density at radius 1 is 1.65 bits per heavy atom. The number of carbonyl (C=O) groups is 1. The lowest BCUT2D eigenvalue weighted by Crippen LogP contribution is -2.17. The molecule has 92 valence electrons. The van der Waals surface area contributed by atoms with Crippen molar-refractivity contribution in [2.24, 2.45) is 5.73 Å². The molecule has 2 N–H and O–H groups in total. The Morgan fingerprint density at radius 3 is 2.82 bits per heavy atom. The monoisotopic (exact) mass is 242 g/mol. The Hall–Kier alpha value is -2.02. The summed E-state index contributed by atoms with van der Waals surface area (Å²) in [5, 5.41) is 10.5. The molecule has 0 aliphatic heterocycles. The molecule has 17 heavy (non-hydrogen) atoms. The SMILES string of the molecule is COC(=O)CC(N)c1cc([N+](=O)[O-])ccc1F. The maximum absolute atomic E-state index is 13.4. The predicted octanol–water partition coefficient (Wildman–Crippen LogP) is 1.30. The molecule has 0 saturated carbocycles. The molecule has 1 unspecified atom stereocenters. The van der Waals surface area contributed by atoms with E-state index in [4.69, 9.17) is 5.73 Å². The van der Waals surface area contributed by atoms with Crippen molar-refractivity contribution in [1.29, 1.82) is 0 Å². The molecular weight excluding hydrogens is 231 g/mol. The number of nitro groups is 1. The van der Waals surface area contributed by atoms with E-state index in [2.05, 4.69) is 4.74 Å². The highest BCUT2D eigenvalue weighted by Gasteiger charge is 2.19. The van der Waals surface area contributed by atoms with Gasteiger partial charge in [-0.1, -0.05) is 0 Å². The Labute approximate surface area is 96.3 Å². The molecule has 0 heterocycles. The highest BCUT2D eigenvalue weighted by atomic mass is 19.1. The second kappa shape index (κ2) is 5.35. The number of non-ortho nitro benzene ring substituents is 1. The minimum absolute atomic E-state index is 0.0791. The summed E-state index contributed by atoms with van der Waals surface area (Å²) in [6, 6.07) is 2.03. The van der Waals surface area contributed by atoms with E-state index in [-0.39, 0.29) is 17.7 Å². The summed E-state index contributed by atoms with van der Waals surface area (Å²) < 4.78 is 17.8. The van der Waals surface area contributed by atoms with E-state index in [0.29, 0.717) is 0 Å². The van der Waals surface area contributed by atoms with E-state index >= 15 is 0 Å². The van der Waals surface area contributed by atoms with Gasteiger partial charge < -0.3 is 10.5 Å². The summed E-state index contributed by atoms with van der Waals surface area (Å²) in [5.74, 6) is -1.30. The Morgan fingerprint density at radius 2 is 2.29 bits per heavy atom. The van der Waals surface area contributed by atoms with Crippen LogP contribution in [0.3, 0.4) is 0 Å². The van der Waals surface area contributed by atoms with Crippen LogP contribution in [0.4, 0.5) is 10.1 Å². The molecule has 1 atom stereocenters. The van der Waals surface area contributed by atoms with Crippen LogP contribution < -0.4 is 5.73 Å². The zero-order chi connectivity index (χ0) is 13.0. The second-order valence-corrected chi connectivity index (χ2v) is 3.35. The predicted molar refractivity (Wildman–Crippen MR) is 56.6 cm³/mol. The van der Waals surface area contributed by atoms with Gasteiger partial charge in [0.05, 0.1) is 18.5 Å². The number of hydrogen-bond donors (Lipinski definition) is 1. The van der Waals surface area contributed by atoms with Crippen molar-refractivity contribution in [2.45, 2.75) is 12.5 Å². The number of halogens is 1. The number of benzene rings is 1. The lowest BCUT2D eigenvalue weighted by atomic mass is 10.0. The van der Waals surface area contributed by atoms with Gasteiger partial charge in [-0.3, -0.25) is 14.9 Å². The van der Waals surface area contributed by atoms with E-state index in [1.54, 1.807) is 0 Å². The van der Waals surface area contributed by atoms with E-state index in [0.717, 1.165) is 18.2 Å². The van der Waals surface area contributed by atoms with Gasteiger partial charge in [-0.2, -0.15) is 0 Å². The molecule has 0 amide bonds. The van der Waals surface area contributed by atoms with Crippen molar-refractivity contribution in [3.63, 3.8) is 0 Å². The number of hydrogen-bond acceptors (Lipinski definition) is 5. The van der Waals surface area contributed by atoms with Crippen LogP contribution in [0.1, 0.15) is 18.0 Å². The van der Waals surface area contributed by atoms with E-state index in [1.165, 1.54) is 7.11 Å². The number of nitro benzene ring substituents is 1. The molecule has 0 spiro atoms. The fraction of sp³-hybridized carbons (Fsp3) is 0.300. The topological polar surface area (TPSA) is 95.5 Å². The lowest BCUT2D eigenvalue weighted by molar-refractivity contribution is -0.385. The zero-order valence-corrected chi connectivity index (χ0v) is 9.05. The maximum atomic E-state index is 13.4. The Bertz CT molecular complexity index is 450. The Kier molecular flexibility index (Phi) is 4.11. The van der Waals surface area contributed by atoms with Crippen LogP contribution in [0.25, 0.3) is 0 Å². The van der Waals surface area contributed by atoms with Crippen molar-refractivity contribution in [3.05, 3.63) is 39.7 Å². The molecule has 7 heteroatoms. The van der Waals surface area contributed by atoms with Gasteiger partial charge in [0, 0.05) is 23.7 Å². The number of carbonyl (C=O) groups excluding carboxylic acids is 1. The summed E-state index contributed by atoms with van der Waals surface area (Å²) >= 11 is 0. The van der Waals surface area contributed by atoms with Crippen molar-refractivity contribution in [2.75, 3.05) is 7.11 Å². The molecule has 0 saturated heterocycles. The first-order chi connectivity index (χ1) is 7.95. The van der Waals surface area contributed by atoms with Gasteiger partial charge in [0.25, 0.3) is 5.69 Å². The van der Waals surface area contributed by atoms with E-state index in [1.807, 2.05) is 0 Å². The first-order valence-corrected chi connectivity index (χ1v) is 4.72. The molecule has 6 nitrogen and oxygen atoms in total. The van der Waals surface area contributed by atoms with Crippen LogP contribution in [0.15, 0.2) is 18.2 Å². The maximum Gasteiger partial charge on any atom is 0.307 e. The zero-order valence-electron chi connectivity index (χ0n) is 9.05. The van der Waals surface area contributed by atoms with Gasteiger partial charge >= 0.3 is 5.97 Å². The van der Waals surface area contributed by atoms with Crippen LogP contribution in [0.2, 0.25) is 0 Å². The lowest BCUT2D eigenvalue weighted by Gasteiger charge is -2.11. The number of nitrogens with zero attached hydrogens (tertiary/aromatic N) is 1. The fourth-order valence-electron chi connectivity index (χ4n) is 1.30. The number of methoxy groups -OCH3 is 1. The number of esters is 1.